The van der Waals surface area contributed by atoms with E-state index < -0.39 is 11.5 Å². The molecule has 1 atom stereocenters. The summed E-state index contributed by atoms with van der Waals surface area (Å²) < 4.78 is 0. The van der Waals surface area contributed by atoms with Gasteiger partial charge in [0.15, 0.2) is 0 Å². The second-order valence-corrected chi connectivity index (χ2v) is 4.27. The summed E-state index contributed by atoms with van der Waals surface area (Å²) in [4.78, 5) is 14.8. The number of allylic oxidation sites excluding steroid dienone is 1. The standard InChI is InChI=1S/C11H21N3O2/c1-8(7-14-9(2)12)5-4-6-11(3,13)10(15)16/h5H,4,6-7,13H2,1-3H3,(H2,12,14)(H,15,16)/t11-/m0/s1. The van der Waals surface area contributed by atoms with E-state index in [0.29, 0.717) is 25.2 Å². The van der Waals surface area contributed by atoms with Crippen molar-refractivity contribution >= 4 is 11.8 Å². The molecule has 0 saturated heterocycles. The maximum absolute atomic E-state index is 10.7. The Labute approximate surface area is 96.2 Å². The molecule has 0 saturated carbocycles. The molecule has 0 amide bonds. The summed E-state index contributed by atoms with van der Waals surface area (Å²) in [5.74, 6) is -0.434. The fourth-order valence-corrected chi connectivity index (χ4v) is 1.04. The predicted octanol–water partition coefficient (Wildman–Crippen LogP) is 0.892. The van der Waals surface area contributed by atoms with Crippen LogP contribution in [0.3, 0.4) is 0 Å². The number of nitrogens with zero attached hydrogens (tertiary/aromatic N) is 1. The molecule has 0 bridgehead atoms. The van der Waals surface area contributed by atoms with Gasteiger partial charge in [-0.1, -0.05) is 11.6 Å². The number of hydrogen-bond acceptors (Lipinski definition) is 3. The fraction of sp³-hybridized carbons (Fsp3) is 0.636. The molecule has 0 fully saturated rings. The van der Waals surface area contributed by atoms with Crippen molar-refractivity contribution in [2.24, 2.45) is 16.5 Å². The van der Waals surface area contributed by atoms with Crippen molar-refractivity contribution in [1.29, 1.82) is 0 Å². The molecule has 0 aliphatic carbocycles. The Hall–Kier alpha value is -1.36. The maximum Gasteiger partial charge on any atom is 0.323 e. The zero-order valence-electron chi connectivity index (χ0n) is 10.2. The molecule has 5 N–H and O–H groups in total. The molecule has 92 valence electrons. The zero-order chi connectivity index (χ0) is 12.8. The highest BCUT2D eigenvalue weighted by molar-refractivity contribution is 5.78. The van der Waals surface area contributed by atoms with Crippen molar-refractivity contribution in [3.05, 3.63) is 11.6 Å². The van der Waals surface area contributed by atoms with Crippen molar-refractivity contribution in [2.45, 2.75) is 39.2 Å². The predicted molar refractivity (Wildman–Crippen MR) is 65.4 cm³/mol. The van der Waals surface area contributed by atoms with Crippen molar-refractivity contribution in [1.82, 2.24) is 0 Å². The fourth-order valence-electron chi connectivity index (χ4n) is 1.04. The van der Waals surface area contributed by atoms with Crippen LogP contribution in [0.4, 0.5) is 0 Å². The zero-order valence-corrected chi connectivity index (χ0v) is 10.2. The van der Waals surface area contributed by atoms with Crippen LogP contribution >= 0.6 is 0 Å². The normalized spacial score (nSPS) is 17.0. The van der Waals surface area contributed by atoms with Gasteiger partial charge < -0.3 is 16.6 Å². The van der Waals surface area contributed by atoms with Gasteiger partial charge in [-0.2, -0.15) is 0 Å². The van der Waals surface area contributed by atoms with E-state index in [-0.39, 0.29) is 0 Å². The molecule has 0 aromatic rings. The minimum Gasteiger partial charge on any atom is -0.480 e. The van der Waals surface area contributed by atoms with Gasteiger partial charge in [0.25, 0.3) is 0 Å². The molecule has 0 heterocycles. The van der Waals surface area contributed by atoms with Gasteiger partial charge in [0.05, 0.1) is 12.4 Å². The van der Waals surface area contributed by atoms with Crippen molar-refractivity contribution in [2.75, 3.05) is 6.54 Å². The molecule has 0 rings (SSSR count). The van der Waals surface area contributed by atoms with E-state index >= 15 is 0 Å². The van der Waals surface area contributed by atoms with Crippen molar-refractivity contribution < 1.29 is 9.90 Å². The Morgan fingerprint density at radius 3 is 2.50 bits per heavy atom. The van der Waals surface area contributed by atoms with Crippen LogP contribution < -0.4 is 11.5 Å². The van der Waals surface area contributed by atoms with Crippen LogP contribution in [0.15, 0.2) is 16.6 Å². The number of rotatable bonds is 6. The van der Waals surface area contributed by atoms with E-state index in [1.54, 1.807) is 6.92 Å². The number of aliphatic carboxylic acids is 1. The summed E-state index contributed by atoms with van der Waals surface area (Å²) in [6.45, 7) is 5.73. The summed E-state index contributed by atoms with van der Waals surface area (Å²) in [6, 6.07) is 0. The van der Waals surface area contributed by atoms with E-state index in [2.05, 4.69) is 4.99 Å². The lowest BCUT2D eigenvalue weighted by Gasteiger charge is -2.17. The smallest absolute Gasteiger partial charge is 0.323 e. The third kappa shape index (κ3) is 6.19. The lowest BCUT2D eigenvalue weighted by atomic mass is 9.97. The number of nitrogens with two attached hydrogens (primary N) is 2. The number of carboxylic acids is 1. The molecule has 5 heteroatoms. The van der Waals surface area contributed by atoms with Crippen LogP contribution in [-0.4, -0.2) is 29.0 Å². The Kier molecular flexibility index (Phi) is 5.74. The quantitative estimate of drug-likeness (QED) is 0.356. The van der Waals surface area contributed by atoms with Crippen molar-refractivity contribution in [3.8, 4) is 0 Å². The first-order valence-corrected chi connectivity index (χ1v) is 5.20. The van der Waals surface area contributed by atoms with Gasteiger partial charge in [-0.15, -0.1) is 0 Å². The summed E-state index contributed by atoms with van der Waals surface area (Å²) in [5.41, 5.74) is 10.9. The van der Waals surface area contributed by atoms with Gasteiger partial charge in [0.2, 0.25) is 0 Å². The minimum absolute atomic E-state index is 0.408. The number of hydrogen-bond donors (Lipinski definition) is 3. The molecule has 0 spiro atoms. The maximum atomic E-state index is 10.7. The second-order valence-electron chi connectivity index (χ2n) is 4.27. The van der Waals surface area contributed by atoms with Crippen LogP contribution in [0.1, 0.15) is 33.6 Å². The van der Waals surface area contributed by atoms with Crippen LogP contribution in [0, 0.1) is 0 Å². The molecular weight excluding hydrogens is 206 g/mol. The lowest BCUT2D eigenvalue weighted by Crippen LogP contribution is -2.44. The van der Waals surface area contributed by atoms with Gasteiger partial charge >= 0.3 is 5.97 Å². The van der Waals surface area contributed by atoms with Crippen LogP contribution in [0.5, 0.6) is 0 Å². The first-order chi connectivity index (χ1) is 7.25. The third-order valence-corrected chi connectivity index (χ3v) is 2.22. The highest BCUT2D eigenvalue weighted by Gasteiger charge is 2.26. The first kappa shape index (κ1) is 14.6. The molecule has 0 aromatic heterocycles. The largest absolute Gasteiger partial charge is 0.480 e. The third-order valence-electron chi connectivity index (χ3n) is 2.22. The van der Waals surface area contributed by atoms with E-state index in [0.717, 1.165) is 5.57 Å². The van der Waals surface area contributed by atoms with Crippen LogP contribution in [-0.2, 0) is 4.79 Å². The summed E-state index contributed by atoms with van der Waals surface area (Å²) in [6.07, 6.45) is 2.98. The number of aliphatic imine (C=N–C) groups is 1. The van der Waals surface area contributed by atoms with E-state index in [1.807, 2.05) is 13.0 Å². The van der Waals surface area contributed by atoms with Gasteiger partial charge in [0.1, 0.15) is 5.54 Å². The number of carbonyl (C=O) groups is 1. The highest BCUT2D eigenvalue weighted by atomic mass is 16.4. The number of amidine groups is 1. The molecular formula is C11H21N3O2. The first-order valence-electron chi connectivity index (χ1n) is 5.20. The average Bonchev–Trinajstić information content (AvgIpc) is 2.14. The molecule has 0 radical (unpaired) electrons. The van der Waals surface area contributed by atoms with E-state index in [4.69, 9.17) is 16.6 Å². The highest BCUT2D eigenvalue weighted by Crippen LogP contribution is 2.10. The van der Waals surface area contributed by atoms with Gasteiger partial charge in [-0.05, 0) is 33.6 Å². The van der Waals surface area contributed by atoms with Gasteiger partial charge in [-0.25, -0.2) is 0 Å². The summed E-state index contributed by atoms with van der Waals surface area (Å²) in [7, 11) is 0. The number of carboxylic acid groups (broad SMARTS) is 1. The SMILES string of the molecule is CC(=CCC[C@](C)(N)C(=O)O)CN=C(C)N. The molecule has 0 aromatic carbocycles. The molecule has 16 heavy (non-hydrogen) atoms. The molecule has 0 aliphatic heterocycles. The summed E-state index contributed by atoms with van der Waals surface area (Å²) >= 11 is 0. The van der Waals surface area contributed by atoms with Crippen molar-refractivity contribution in [3.63, 3.8) is 0 Å². The Balaban J connectivity index is 4.10. The monoisotopic (exact) mass is 227 g/mol. The van der Waals surface area contributed by atoms with E-state index in [1.165, 1.54) is 6.92 Å². The molecule has 5 nitrogen and oxygen atoms in total. The minimum atomic E-state index is -1.16. The molecule has 0 aliphatic rings. The Morgan fingerprint density at radius 1 is 1.50 bits per heavy atom. The Bertz CT molecular complexity index is 302. The van der Waals surface area contributed by atoms with E-state index in [9.17, 15) is 4.79 Å². The molecule has 0 unspecified atom stereocenters. The van der Waals surface area contributed by atoms with Crippen LogP contribution in [0.2, 0.25) is 0 Å². The van der Waals surface area contributed by atoms with Gasteiger partial charge in [-0.3, -0.25) is 9.79 Å². The second kappa shape index (κ2) is 6.27. The average molecular weight is 227 g/mol. The van der Waals surface area contributed by atoms with Gasteiger partial charge in [0, 0.05) is 0 Å². The van der Waals surface area contributed by atoms with Crippen LogP contribution in [0.25, 0.3) is 0 Å². The lowest BCUT2D eigenvalue weighted by molar-refractivity contribution is -0.142. The Morgan fingerprint density at radius 2 is 2.06 bits per heavy atom. The summed E-state index contributed by atoms with van der Waals surface area (Å²) in [5, 5.41) is 8.80. The topological polar surface area (TPSA) is 102 Å².